The number of nitriles is 1. The summed E-state index contributed by atoms with van der Waals surface area (Å²) in [4.78, 5) is 0. The first kappa shape index (κ1) is 12.8. The first-order chi connectivity index (χ1) is 8.65. The van der Waals surface area contributed by atoms with E-state index in [1.807, 2.05) is 31.2 Å². The minimum atomic E-state index is -0.489. The number of nitrogens with zero attached hydrogens (tertiary/aromatic N) is 1. The summed E-state index contributed by atoms with van der Waals surface area (Å²) in [6.07, 6.45) is 4.75. The largest absolute Gasteiger partial charge is 0.497 e. The first-order valence-corrected chi connectivity index (χ1v) is 6.49. The van der Waals surface area contributed by atoms with Crippen molar-refractivity contribution in [3.05, 3.63) is 24.3 Å². The lowest BCUT2D eigenvalue weighted by atomic mass is 9.77. The Labute approximate surface area is 109 Å². The highest BCUT2D eigenvalue weighted by Crippen LogP contribution is 2.35. The van der Waals surface area contributed by atoms with Gasteiger partial charge in [0.25, 0.3) is 0 Å². The Morgan fingerprint density at radius 3 is 2.83 bits per heavy atom. The van der Waals surface area contributed by atoms with Crippen LogP contribution in [0.4, 0.5) is 5.69 Å². The van der Waals surface area contributed by atoms with Gasteiger partial charge in [-0.2, -0.15) is 5.26 Å². The van der Waals surface area contributed by atoms with Crippen LogP contribution in [-0.2, 0) is 0 Å². The Morgan fingerprint density at radius 1 is 1.50 bits per heavy atom. The van der Waals surface area contributed by atoms with Gasteiger partial charge < -0.3 is 10.1 Å². The molecule has 0 aromatic heterocycles. The number of hydrogen-bond acceptors (Lipinski definition) is 3. The quantitative estimate of drug-likeness (QED) is 0.861. The van der Waals surface area contributed by atoms with Gasteiger partial charge in [0.15, 0.2) is 0 Å². The molecule has 0 saturated heterocycles. The highest BCUT2D eigenvalue weighted by Gasteiger charge is 2.30. The zero-order chi connectivity index (χ0) is 13.0. The van der Waals surface area contributed by atoms with Gasteiger partial charge in [0.2, 0.25) is 0 Å². The van der Waals surface area contributed by atoms with Crippen LogP contribution in [0, 0.1) is 17.2 Å². The molecular weight excluding hydrogens is 224 g/mol. The van der Waals surface area contributed by atoms with E-state index in [1.165, 1.54) is 19.3 Å². The van der Waals surface area contributed by atoms with Gasteiger partial charge in [0.1, 0.15) is 11.3 Å². The number of ether oxygens (including phenoxy) is 1. The van der Waals surface area contributed by atoms with E-state index < -0.39 is 5.54 Å². The van der Waals surface area contributed by atoms with Crippen molar-refractivity contribution in [2.75, 3.05) is 12.4 Å². The standard InChI is InChI=1S/C15H20N2O/c1-15(11-16,10-12-5-3-6-12)17-13-7-4-8-14(9-13)18-2/h4,7-9,12,17H,3,5-6,10H2,1-2H3. The molecule has 1 aliphatic rings. The zero-order valence-electron chi connectivity index (χ0n) is 11.1. The van der Waals surface area contributed by atoms with Gasteiger partial charge in [0.05, 0.1) is 13.2 Å². The molecule has 1 atom stereocenters. The zero-order valence-corrected chi connectivity index (χ0v) is 11.1. The van der Waals surface area contributed by atoms with Gasteiger partial charge in [-0.05, 0) is 31.4 Å². The summed E-state index contributed by atoms with van der Waals surface area (Å²) in [5.74, 6) is 1.51. The van der Waals surface area contributed by atoms with E-state index in [4.69, 9.17) is 4.74 Å². The molecule has 1 aliphatic carbocycles. The molecule has 1 saturated carbocycles. The Bertz CT molecular complexity index is 448. The molecule has 18 heavy (non-hydrogen) atoms. The van der Waals surface area contributed by atoms with Crippen LogP contribution in [0.1, 0.15) is 32.6 Å². The fourth-order valence-corrected chi connectivity index (χ4v) is 2.42. The molecule has 2 rings (SSSR count). The van der Waals surface area contributed by atoms with Crippen molar-refractivity contribution in [2.24, 2.45) is 5.92 Å². The van der Waals surface area contributed by atoms with Crippen LogP contribution in [0.5, 0.6) is 5.75 Å². The van der Waals surface area contributed by atoms with Gasteiger partial charge in [-0.25, -0.2) is 0 Å². The summed E-state index contributed by atoms with van der Waals surface area (Å²) in [6, 6.07) is 10.1. The second kappa shape index (κ2) is 5.30. The molecule has 0 aliphatic heterocycles. The average molecular weight is 244 g/mol. The van der Waals surface area contributed by atoms with Crippen LogP contribution in [-0.4, -0.2) is 12.6 Å². The summed E-state index contributed by atoms with van der Waals surface area (Å²) in [7, 11) is 1.65. The van der Waals surface area contributed by atoms with Crippen LogP contribution in [0.25, 0.3) is 0 Å². The Balaban J connectivity index is 2.06. The third-order valence-corrected chi connectivity index (χ3v) is 3.66. The summed E-state index contributed by atoms with van der Waals surface area (Å²) < 4.78 is 5.19. The molecule has 1 aromatic rings. The maximum absolute atomic E-state index is 9.40. The van der Waals surface area contributed by atoms with Crippen LogP contribution in [0.2, 0.25) is 0 Å². The average Bonchev–Trinajstić information content (AvgIpc) is 2.34. The van der Waals surface area contributed by atoms with Gasteiger partial charge in [-0.3, -0.25) is 0 Å². The van der Waals surface area contributed by atoms with Crippen molar-refractivity contribution in [1.82, 2.24) is 0 Å². The number of methoxy groups -OCH3 is 1. The van der Waals surface area contributed by atoms with E-state index >= 15 is 0 Å². The minimum Gasteiger partial charge on any atom is -0.497 e. The lowest BCUT2D eigenvalue weighted by Gasteiger charge is -2.33. The predicted octanol–water partition coefficient (Wildman–Crippen LogP) is 3.58. The molecule has 1 aromatic carbocycles. The van der Waals surface area contributed by atoms with Crippen molar-refractivity contribution in [1.29, 1.82) is 5.26 Å². The van der Waals surface area contributed by atoms with Crippen molar-refractivity contribution >= 4 is 5.69 Å². The van der Waals surface area contributed by atoms with Gasteiger partial charge in [0, 0.05) is 11.8 Å². The van der Waals surface area contributed by atoms with Gasteiger partial charge in [-0.15, -0.1) is 0 Å². The van der Waals surface area contributed by atoms with Crippen LogP contribution in [0.3, 0.4) is 0 Å². The molecule has 96 valence electrons. The van der Waals surface area contributed by atoms with Crippen LogP contribution >= 0.6 is 0 Å². The Kier molecular flexibility index (Phi) is 3.76. The molecule has 1 unspecified atom stereocenters. The Morgan fingerprint density at radius 2 is 2.28 bits per heavy atom. The number of benzene rings is 1. The second-order valence-electron chi connectivity index (χ2n) is 5.30. The maximum atomic E-state index is 9.40. The third kappa shape index (κ3) is 2.95. The van der Waals surface area contributed by atoms with E-state index in [-0.39, 0.29) is 0 Å². The summed E-state index contributed by atoms with van der Waals surface area (Å²) in [5.41, 5.74) is 0.454. The van der Waals surface area contributed by atoms with Crippen molar-refractivity contribution in [2.45, 2.75) is 38.1 Å². The number of rotatable bonds is 5. The molecule has 0 heterocycles. The lowest BCUT2D eigenvalue weighted by Crippen LogP contribution is -2.36. The van der Waals surface area contributed by atoms with E-state index in [0.29, 0.717) is 5.92 Å². The Hall–Kier alpha value is -1.69. The molecule has 1 N–H and O–H groups in total. The SMILES string of the molecule is COc1cccc(NC(C)(C#N)CC2CCC2)c1. The number of hydrogen-bond donors (Lipinski definition) is 1. The van der Waals surface area contributed by atoms with Crippen molar-refractivity contribution in [3.63, 3.8) is 0 Å². The summed E-state index contributed by atoms with van der Waals surface area (Å²) in [6.45, 7) is 1.98. The van der Waals surface area contributed by atoms with E-state index in [9.17, 15) is 5.26 Å². The van der Waals surface area contributed by atoms with Crippen LogP contribution in [0.15, 0.2) is 24.3 Å². The number of nitrogens with one attached hydrogen (secondary N) is 1. The second-order valence-corrected chi connectivity index (χ2v) is 5.30. The van der Waals surface area contributed by atoms with Crippen molar-refractivity contribution < 1.29 is 4.74 Å². The van der Waals surface area contributed by atoms with E-state index in [2.05, 4.69) is 11.4 Å². The van der Waals surface area contributed by atoms with E-state index in [1.54, 1.807) is 7.11 Å². The lowest BCUT2D eigenvalue weighted by molar-refractivity contribution is 0.267. The van der Waals surface area contributed by atoms with E-state index in [0.717, 1.165) is 17.9 Å². The van der Waals surface area contributed by atoms with Gasteiger partial charge >= 0.3 is 0 Å². The third-order valence-electron chi connectivity index (χ3n) is 3.66. The molecule has 3 nitrogen and oxygen atoms in total. The minimum absolute atomic E-state index is 0.489. The monoisotopic (exact) mass is 244 g/mol. The number of anilines is 1. The molecular formula is C15H20N2O. The maximum Gasteiger partial charge on any atom is 0.122 e. The smallest absolute Gasteiger partial charge is 0.122 e. The van der Waals surface area contributed by atoms with Gasteiger partial charge in [-0.1, -0.05) is 25.3 Å². The molecule has 0 bridgehead atoms. The fourth-order valence-electron chi connectivity index (χ4n) is 2.42. The first-order valence-electron chi connectivity index (χ1n) is 6.49. The normalized spacial score (nSPS) is 18.3. The summed E-state index contributed by atoms with van der Waals surface area (Å²) in [5, 5.41) is 12.7. The highest BCUT2D eigenvalue weighted by atomic mass is 16.5. The molecule has 0 amide bonds. The fraction of sp³-hybridized carbons (Fsp3) is 0.533. The summed E-state index contributed by atoms with van der Waals surface area (Å²) >= 11 is 0. The molecule has 1 fully saturated rings. The van der Waals surface area contributed by atoms with Crippen LogP contribution < -0.4 is 10.1 Å². The molecule has 0 radical (unpaired) electrons. The molecule has 3 heteroatoms. The predicted molar refractivity (Wildman–Crippen MR) is 72.6 cm³/mol. The highest BCUT2D eigenvalue weighted by molar-refractivity contribution is 5.51. The topological polar surface area (TPSA) is 45.0 Å². The van der Waals surface area contributed by atoms with Crippen molar-refractivity contribution in [3.8, 4) is 11.8 Å². The molecule has 0 spiro atoms.